The van der Waals surface area contributed by atoms with Crippen molar-refractivity contribution in [2.75, 3.05) is 7.11 Å². The van der Waals surface area contributed by atoms with Gasteiger partial charge in [0.2, 0.25) is 0 Å². The van der Waals surface area contributed by atoms with Crippen molar-refractivity contribution in [2.24, 2.45) is 11.7 Å². The molecule has 0 amide bonds. The van der Waals surface area contributed by atoms with Crippen LogP contribution < -0.4 is 10.5 Å². The van der Waals surface area contributed by atoms with E-state index in [9.17, 15) is 26.3 Å². The van der Waals surface area contributed by atoms with Crippen LogP contribution in [0.2, 0.25) is 0 Å². The molecule has 0 bridgehead atoms. The van der Waals surface area contributed by atoms with E-state index in [0.717, 1.165) is 20.0 Å². The molecule has 0 aromatic heterocycles. The molecular formula is C15H17F6NO. The number of alkyl halides is 6. The molecule has 2 rings (SSSR count). The number of rotatable bonds is 3. The minimum absolute atomic E-state index is 0.118. The predicted octanol–water partition coefficient (Wildman–Crippen LogP) is 4.92. The standard InChI is InChI=1S/C15H17F6NO/c1-23-11-7-9(14(16,17)18)6-10(15(19,20)21)12(11)13(22)8-4-2-3-5-8/h6-8,13H,2-5,22H2,1H3/t13-/m1/s1. The lowest BCUT2D eigenvalue weighted by Gasteiger charge is -2.26. The normalized spacial score (nSPS) is 18.3. The summed E-state index contributed by atoms with van der Waals surface area (Å²) in [6.07, 6.45) is -6.83. The number of hydrogen-bond acceptors (Lipinski definition) is 2. The molecular weight excluding hydrogens is 324 g/mol. The van der Waals surface area contributed by atoms with Gasteiger partial charge >= 0.3 is 12.4 Å². The van der Waals surface area contributed by atoms with Gasteiger partial charge in [0, 0.05) is 11.6 Å². The van der Waals surface area contributed by atoms with Gasteiger partial charge in [-0.3, -0.25) is 0 Å². The molecule has 0 spiro atoms. The molecule has 1 aliphatic carbocycles. The molecule has 0 aliphatic heterocycles. The molecule has 1 aromatic rings. The quantitative estimate of drug-likeness (QED) is 0.792. The van der Waals surface area contributed by atoms with Gasteiger partial charge in [0.05, 0.1) is 18.2 Å². The third-order valence-electron chi connectivity index (χ3n) is 4.24. The molecule has 0 unspecified atom stereocenters. The molecule has 2 nitrogen and oxygen atoms in total. The van der Waals surface area contributed by atoms with E-state index in [1.54, 1.807) is 0 Å². The Morgan fingerprint density at radius 1 is 1.04 bits per heavy atom. The van der Waals surface area contributed by atoms with Gasteiger partial charge in [-0.2, -0.15) is 26.3 Å². The fourth-order valence-corrected chi connectivity index (χ4v) is 3.09. The van der Waals surface area contributed by atoms with Crippen molar-refractivity contribution in [3.05, 3.63) is 28.8 Å². The summed E-state index contributed by atoms with van der Waals surface area (Å²) in [6, 6.07) is -0.308. The summed E-state index contributed by atoms with van der Waals surface area (Å²) in [6.45, 7) is 0. The van der Waals surface area contributed by atoms with Crippen molar-refractivity contribution < 1.29 is 31.1 Å². The average Bonchev–Trinajstić information content (AvgIpc) is 2.97. The molecule has 1 aliphatic rings. The highest BCUT2D eigenvalue weighted by Gasteiger charge is 2.42. The predicted molar refractivity (Wildman–Crippen MR) is 71.9 cm³/mol. The van der Waals surface area contributed by atoms with Gasteiger partial charge in [0.1, 0.15) is 5.75 Å². The zero-order chi connectivity index (χ0) is 17.4. The van der Waals surface area contributed by atoms with E-state index in [0.29, 0.717) is 18.9 Å². The number of methoxy groups -OCH3 is 1. The first-order valence-corrected chi connectivity index (χ1v) is 7.17. The van der Waals surface area contributed by atoms with E-state index in [1.807, 2.05) is 0 Å². The molecule has 8 heteroatoms. The largest absolute Gasteiger partial charge is 0.496 e. The Bertz CT molecular complexity index is 560. The minimum atomic E-state index is -4.94. The van der Waals surface area contributed by atoms with E-state index >= 15 is 0 Å². The van der Waals surface area contributed by atoms with Gasteiger partial charge in [0.25, 0.3) is 0 Å². The van der Waals surface area contributed by atoms with Crippen LogP contribution in [0.3, 0.4) is 0 Å². The van der Waals surface area contributed by atoms with Crippen molar-refractivity contribution in [2.45, 2.75) is 44.1 Å². The summed E-state index contributed by atoms with van der Waals surface area (Å²) in [5.74, 6) is -0.659. The topological polar surface area (TPSA) is 35.2 Å². The lowest BCUT2D eigenvalue weighted by atomic mass is 9.87. The molecule has 130 valence electrons. The van der Waals surface area contributed by atoms with E-state index in [-0.39, 0.29) is 17.5 Å². The van der Waals surface area contributed by atoms with Crippen LogP contribution in [0.5, 0.6) is 5.75 Å². The second-order valence-corrected chi connectivity index (χ2v) is 5.71. The molecule has 0 heterocycles. The summed E-state index contributed by atoms with van der Waals surface area (Å²) in [4.78, 5) is 0. The maximum absolute atomic E-state index is 13.3. The lowest BCUT2D eigenvalue weighted by molar-refractivity contribution is -0.143. The molecule has 23 heavy (non-hydrogen) atoms. The maximum atomic E-state index is 13.3. The van der Waals surface area contributed by atoms with Crippen LogP contribution >= 0.6 is 0 Å². The Kier molecular flexibility index (Phi) is 4.84. The van der Waals surface area contributed by atoms with Crippen LogP contribution in [-0.2, 0) is 12.4 Å². The fraction of sp³-hybridized carbons (Fsp3) is 0.600. The van der Waals surface area contributed by atoms with E-state index in [1.165, 1.54) is 0 Å². The Hall–Kier alpha value is -1.44. The third-order valence-corrected chi connectivity index (χ3v) is 4.24. The summed E-state index contributed by atoms with van der Waals surface area (Å²) < 4.78 is 83.3. The molecule has 1 atom stereocenters. The van der Waals surface area contributed by atoms with Crippen molar-refractivity contribution in [3.63, 3.8) is 0 Å². The van der Waals surface area contributed by atoms with Crippen LogP contribution in [0.15, 0.2) is 12.1 Å². The number of ether oxygens (including phenoxy) is 1. The zero-order valence-corrected chi connectivity index (χ0v) is 12.4. The van der Waals surface area contributed by atoms with Gasteiger partial charge in [-0.1, -0.05) is 12.8 Å². The molecule has 1 fully saturated rings. The van der Waals surface area contributed by atoms with Gasteiger partial charge in [-0.05, 0) is 30.9 Å². The van der Waals surface area contributed by atoms with Crippen LogP contribution in [0.25, 0.3) is 0 Å². The number of benzene rings is 1. The highest BCUT2D eigenvalue weighted by atomic mass is 19.4. The van der Waals surface area contributed by atoms with E-state index in [4.69, 9.17) is 10.5 Å². The van der Waals surface area contributed by atoms with Gasteiger partial charge < -0.3 is 10.5 Å². The van der Waals surface area contributed by atoms with Crippen LogP contribution in [-0.4, -0.2) is 7.11 Å². The van der Waals surface area contributed by atoms with Crippen LogP contribution in [0.1, 0.15) is 48.4 Å². The van der Waals surface area contributed by atoms with Gasteiger partial charge in [0.15, 0.2) is 0 Å². The first kappa shape index (κ1) is 17.9. The van der Waals surface area contributed by atoms with Crippen LogP contribution in [0.4, 0.5) is 26.3 Å². The van der Waals surface area contributed by atoms with Crippen molar-refractivity contribution in [3.8, 4) is 5.75 Å². The smallest absolute Gasteiger partial charge is 0.416 e. The minimum Gasteiger partial charge on any atom is -0.496 e. The highest BCUT2D eigenvalue weighted by Crippen LogP contribution is 2.46. The molecule has 1 saturated carbocycles. The van der Waals surface area contributed by atoms with Crippen molar-refractivity contribution in [1.29, 1.82) is 0 Å². The average molecular weight is 341 g/mol. The van der Waals surface area contributed by atoms with Gasteiger partial charge in [-0.15, -0.1) is 0 Å². The van der Waals surface area contributed by atoms with Crippen molar-refractivity contribution in [1.82, 2.24) is 0 Å². The van der Waals surface area contributed by atoms with Crippen molar-refractivity contribution >= 4 is 0 Å². The second-order valence-electron chi connectivity index (χ2n) is 5.71. The van der Waals surface area contributed by atoms with E-state index in [2.05, 4.69) is 0 Å². The van der Waals surface area contributed by atoms with Gasteiger partial charge in [-0.25, -0.2) is 0 Å². The first-order valence-electron chi connectivity index (χ1n) is 7.17. The SMILES string of the molecule is COc1cc(C(F)(F)F)cc(C(F)(F)F)c1[C@H](N)C1CCCC1. The summed E-state index contributed by atoms with van der Waals surface area (Å²) >= 11 is 0. The van der Waals surface area contributed by atoms with Crippen LogP contribution in [0, 0.1) is 5.92 Å². The Balaban J connectivity index is 2.62. The second kappa shape index (κ2) is 6.22. The fourth-order valence-electron chi connectivity index (χ4n) is 3.09. The monoisotopic (exact) mass is 341 g/mol. The summed E-state index contributed by atoms with van der Waals surface area (Å²) in [5, 5.41) is 0. The number of hydrogen-bond donors (Lipinski definition) is 1. The third kappa shape index (κ3) is 3.73. The Labute approximate surface area is 129 Å². The summed E-state index contributed by atoms with van der Waals surface area (Å²) in [5.41, 5.74) is 2.81. The maximum Gasteiger partial charge on any atom is 0.416 e. The number of nitrogens with two attached hydrogens (primary N) is 1. The molecule has 1 aromatic carbocycles. The summed E-state index contributed by atoms with van der Waals surface area (Å²) in [7, 11) is 1.04. The zero-order valence-electron chi connectivity index (χ0n) is 12.4. The Morgan fingerprint density at radius 3 is 2.04 bits per heavy atom. The molecule has 2 N–H and O–H groups in total. The highest BCUT2D eigenvalue weighted by molar-refractivity contribution is 5.48. The molecule has 0 saturated heterocycles. The molecule has 0 radical (unpaired) electrons. The number of halogens is 6. The lowest BCUT2D eigenvalue weighted by Crippen LogP contribution is -2.25. The van der Waals surface area contributed by atoms with E-state index < -0.39 is 35.3 Å². The first-order chi connectivity index (χ1) is 10.6. The Morgan fingerprint density at radius 2 is 1.61 bits per heavy atom.